The zero-order chi connectivity index (χ0) is 26.8. The van der Waals surface area contributed by atoms with Gasteiger partial charge in [0.2, 0.25) is 0 Å². The van der Waals surface area contributed by atoms with Crippen LogP contribution in [-0.4, -0.2) is 14.3 Å². The van der Waals surface area contributed by atoms with Crippen molar-refractivity contribution in [3.63, 3.8) is 0 Å². The zero-order valence-electron chi connectivity index (χ0n) is 19.4. The monoisotopic (exact) mass is 520 g/mol. The predicted octanol–water partition coefficient (Wildman–Crippen LogP) is 5.55. The molecule has 37 heavy (non-hydrogen) atoms. The number of hydrogen-bond acceptors (Lipinski definition) is 3. The average Bonchev–Trinajstić information content (AvgIpc) is 3.12. The molecule has 4 aromatic rings. The molecule has 0 saturated heterocycles. The molecule has 1 aromatic heterocycles. The highest BCUT2D eigenvalue weighted by Gasteiger charge is 2.36. The molecule has 5 nitrogen and oxygen atoms in total. The molecule has 3 aromatic carbocycles. The molecule has 0 amide bonds. The summed E-state index contributed by atoms with van der Waals surface area (Å²) in [6.07, 6.45) is -10.1. The minimum atomic E-state index is -4.94. The lowest BCUT2D eigenvalue weighted by molar-refractivity contribution is -0.143. The molecule has 0 saturated carbocycles. The standard InChI is InChI=1S/C26H22F6N4O/c27-25(28,29)20-12-19(13-21(14-20)26(30,31)32)8-11-23-34-36(16-18-6-9-22(33)10-7-18)24(37)35(23)15-17-4-2-1-3-5-17/h1-7,9-10,12-14H,8,11,15-16,33H2. The van der Waals surface area contributed by atoms with Gasteiger partial charge in [0.1, 0.15) is 5.82 Å². The number of halogens is 6. The summed E-state index contributed by atoms with van der Waals surface area (Å²) in [4.78, 5) is 13.2. The van der Waals surface area contributed by atoms with Crippen LogP contribution in [0, 0.1) is 0 Å². The van der Waals surface area contributed by atoms with Gasteiger partial charge in [-0.25, -0.2) is 9.48 Å². The summed E-state index contributed by atoms with van der Waals surface area (Å²) in [5, 5.41) is 4.37. The number of nitrogen functional groups attached to an aromatic ring is 1. The molecule has 0 atom stereocenters. The molecule has 0 bridgehead atoms. The normalized spacial score (nSPS) is 12.2. The van der Waals surface area contributed by atoms with Crippen molar-refractivity contribution in [3.8, 4) is 0 Å². The topological polar surface area (TPSA) is 65.8 Å². The lowest BCUT2D eigenvalue weighted by Gasteiger charge is -2.14. The molecule has 11 heteroatoms. The Bertz CT molecular complexity index is 1390. The van der Waals surface area contributed by atoms with Gasteiger partial charge in [-0.1, -0.05) is 42.5 Å². The largest absolute Gasteiger partial charge is 0.416 e. The Morgan fingerprint density at radius 1 is 0.703 bits per heavy atom. The second-order valence-corrected chi connectivity index (χ2v) is 8.58. The summed E-state index contributed by atoms with van der Waals surface area (Å²) < 4.78 is 82.1. The molecule has 194 valence electrons. The number of nitrogens with two attached hydrogens (primary N) is 1. The van der Waals surface area contributed by atoms with E-state index in [1.165, 1.54) is 9.25 Å². The maximum atomic E-state index is 13.3. The summed E-state index contributed by atoms with van der Waals surface area (Å²) in [6, 6.07) is 17.3. The summed E-state index contributed by atoms with van der Waals surface area (Å²) in [7, 11) is 0. The van der Waals surface area contributed by atoms with Crippen molar-refractivity contribution in [2.45, 2.75) is 38.3 Å². The van der Waals surface area contributed by atoms with Crippen molar-refractivity contribution in [1.82, 2.24) is 14.3 Å². The second-order valence-electron chi connectivity index (χ2n) is 8.58. The van der Waals surface area contributed by atoms with Crippen LogP contribution in [0.5, 0.6) is 0 Å². The van der Waals surface area contributed by atoms with Crippen LogP contribution in [0.1, 0.15) is 33.6 Å². The fourth-order valence-corrected chi connectivity index (χ4v) is 3.91. The molecule has 0 aliphatic carbocycles. The van der Waals surface area contributed by atoms with Gasteiger partial charge in [-0.05, 0) is 53.4 Å². The van der Waals surface area contributed by atoms with E-state index >= 15 is 0 Å². The first-order valence-electron chi connectivity index (χ1n) is 11.2. The van der Waals surface area contributed by atoms with Gasteiger partial charge in [-0.2, -0.15) is 31.4 Å². The number of aromatic nitrogens is 3. The van der Waals surface area contributed by atoms with E-state index < -0.39 is 29.2 Å². The van der Waals surface area contributed by atoms with Crippen molar-refractivity contribution < 1.29 is 26.3 Å². The maximum absolute atomic E-state index is 13.3. The predicted molar refractivity (Wildman–Crippen MR) is 126 cm³/mol. The zero-order valence-corrected chi connectivity index (χ0v) is 19.4. The Labute approximate surface area is 207 Å². The smallest absolute Gasteiger partial charge is 0.399 e. The van der Waals surface area contributed by atoms with Crippen LogP contribution < -0.4 is 11.4 Å². The van der Waals surface area contributed by atoms with Crippen molar-refractivity contribution in [2.24, 2.45) is 0 Å². The average molecular weight is 520 g/mol. The van der Waals surface area contributed by atoms with Gasteiger partial charge in [0.05, 0.1) is 24.2 Å². The fourth-order valence-electron chi connectivity index (χ4n) is 3.91. The maximum Gasteiger partial charge on any atom is 0.416 e. The van der Waals surface area contributed by atoms with E-state index in [9.17, 15) is 31.1 Å². The Morgan fingerprint density at radius 2 is 1.27 bits per heavy atom. The third-order valence-electron chi connectivity index (χ3n) is 5.78. The molecule has 0 unspecified atom stereocenters. The Hall–Kier alpha value is -4.02. The quantitative estimate of drug-likeness (QED) is 0.257. The minimum absolute atomic E-state index is 0.0462. The number of hydrogen-bond donors (Lipinski definition) is 1. The number of rotatable bonds is 7. The highest BCUT2D eigenvalue weighted by Crippen LogP contribution is 2.36. The number of anilines is 1. The number of benzene rings is 3. The van der Waals surface area contributed by atoms with Gasteiger partial charge in [0.25, 0.3) is 0 Å². The lowest BCUT2D eigenvalue weighted by Crippen LogP contribution is -2.26. The van der Waals surface area contributed by atoms with Crippen LogP contribution in [0.15, 0.2) is 77.6 Å². The van der Waals surface area contributed by atoms with Gasteiger partial charge in [0, 0.05) is 12.1 Å². The summed E-state index contributed by atoms with van der Waals surface area (Å²) >= 11 is 0. The van der Waals surface area contributed by atoms with Crippen molar-refractivity contribution in [1.29, 1.82) is 0 Å². The Morgan fingerprint density at radius 3 is 1.84 bits per heavy atom. The van der Waals surface area contributed by atoms with Crippen LogP contribution in [0.4, 0.5) is 32.0 Å². The molecule has 0 aliphatic heterocycles. The second kappa shape index (κ2) is 10.2. The highest BCUT2D eigenvalue weighted by atomic mass is 19.4. The first kappa shape index (κ1) is 26.1. The van der Waals surface area contributed by atoms with Crippen LogP contribution in [0.3, 0.4) is 0 Å². The molecule has 0 aliphatic rings. The van der Waals surface area contributed by atoms with Gasteiger partial charge >= 0.3 is 18.0 Å². The molecule has 0 radical (unpaired) electrons. The van der Waals surface area contributed by atoms with Crippen LogP contribution in [0.25, 0.3) is 0 Å². The van der Waals surface area contributed by atoms with E-state index in [0.717, 1.165) is 11.1 Å². The Balaban J connectivity index is 1.68. The third-order valence-corrected chi connectivity index (χ3v) is 5.78. The molecule has 0 spiro atoms. The van der Waals surface area contributed by atoms with Crippen LogP contribution in [-0.2, 0) is 38.3 Å². The SMILES string of the molecule is Nc1ccc(Cn2nc(CCc3cc(C(F)(F)F)cc(C(F)(F)F)c3)n(Cc3ccccc3)c2=O)cc1. The van der Waals surface area contributed by atoms with Gasteiger partial charge in [-0.15, -0.1) is 0 Å². The third kappa shape index (κ3) is 6.41. The molecular weight excluding hydrogens is 498 g/mol. The fraction of sp³-hybridized carbons (Fsp3) is 0.231. The van der Waals surface area contributed by atoms with Crippen molar-refractivity contribution in [3.05, 3.63) is 117 Å². The van der Waals surface area contributed by atoms with E-state index in [2.05, 4.69) is 5.10 Å². The number of nitrogens with zero attached hydrogens (tertiary/aromatic N) is 3. The van der Waals surface area contributed by atoms with Crippen molar-refractivity contribution in [2.75, 3.05) is 5.73 Å². The first-order valence-corrected chi connectivity index (χ1v) is 11.2. The van der Waals surface area contributed by atoms with E-state index in [4.69, 9.17) is 5.73 Å². The Kier molecular flexibility index (Phi) is 7.15. The van der Waals surface area contributed by atoms with Crippen LogP contribution >= 0.6 is 0 Å². The molecule has 4 rings (SSSR count). The molecular formula is C26H22F6N4O. The lowest BCUT2D eigenvalue weighted by atomic mass is 10.0. The van der Waals surface area contributed by atoms with Gasteiger partial charge in [0.15, 0.2) is 0 Å². The van der Waals surface area contributed by atoms with E-state index in [-0.39, 0.29) is 43.4 Å². The molecule has 1 heterocycles. The summed E-state index contributed by atoms with van der Waals surface area (Å²) in [5.41, 5.74) is 4.42. The van der Waals surface area contributed by atoms with E-state index in [1.807, 2.05) is 6.07 Å². The van der Waals surface area contributed by atoms with Gasteiger partial charge < -0.3 is 5.73 Å². The van der Waals surface area contributed by atoms with Crippen LogP contribution in [0.2, 0.25) is 0 Å². The van der Waals surface area contributed by atoms with E-state index in [0.29, 0.717) is 17.8 Å². The van der Waals surface area contributed by atoms with Gasteiger partial charge in [-0.3, -0.25) is 4.57 Å². The van der Waals surface area contributed by atoms with E-state index in [1.54, 1.807) is 48.5 Å². The first-order chi connectivity index (χ1) is 17.4. The number of aryl methyl sites for hydroxylation is 2. The molecule has 2 N–H and O–H groups in total. The summed E-state index contributed by atoms with van der Waals surface area (Å²) in [5.74, 6) is 0.246. The number of alkyl halides is 6. The summed E-state index contributed by atoms with van der Waals surface area (Å²) in [6.45, 7) is 0.267. The van der Waals surface area contributed by atoms with Crippen molar-refractivity contribution >= 4 is 5.69 Å². The molecule has 0 fully saturated rings. The highest BCUT2D eigenvalue weighted by molar-refractivity contribution is 5.39. The minimum Gasteiger partial charge on any atom is -0.399 e.